The molecule has 0 aliphatic rings. The molecule has 0 atom stereocenters. The van der Waals surface area contributed by atoms with Gasteiger partial charge in [-0.3, -0.25) is 4.79 Å². The second-order valence-electron chi connectivity index (χ2n) is 5.63. The van der Waals surface area contributed by atoms with Crippen LogP contribution in [0, 0.1) is 12.3 Å². The van der Waals surface area contributed by atoms with Crippen molar-refractivity contribution < 1.29 is 4.79 Å². The molecular formula is C13H22N4O. The van der Waals surface area contributed by atoms with Crippen LogP contribution in [0.1, 0.15) is 32.2 Å². The lowest BCUT2D eigenvalue weighted by molar-refractivity contribution is -0.128. The van der Waals surface area contributed by atoms with Gasteiger partial charge in [-0.1, -0.05) is 20.8 Å². The van der Waals surface area contributed by atoms with Gasteiger partial charge in [0.15, 0.2) is 0 Å². The van der Waals surface area contributed by atoms with Crippen LogP contribution >= 0.6 is 0 Å². The van der Waals surface area contributed by atoms with E-state index in [0.717, 1.165) is 11.4 Å². The molecule has 1 amide bonds. The lowest BCUT2D eigenvalue weighted by atomic mass is 9.96. The molecule has 0 aliphatic heterocycles. The molecule has 0 radical (unpaired) electrons. The minimum absolute atomic E-state index is 0.0187. The molecule has 18 heavy (non-hydrogen) atoms. The summed E-state index contributed by atoms with van der Waals surface area (Å²) in [6.45, 7) is 8.01. The van der Waals surface area contributed by atoms with E-state index in [4.69, 9.17) is 0 Å². The van der Waals surface area contributed by atoms with E-state index < -0.39 is 0 Å². The first-order valence-electron chi connectivity index (χ1n) is 6.00. The van der Waals surface area contributed by atoms with E-state index in [0.29, 0.717) is 12.5 Å². The lowest BCUT2D eigenvalue weighted by Gasteiger charge is -2.18. The van der Waals surface area contributed by atoms with Gasteiger partial charge in [-0.2, -0.15) is 0 Å². The molecule has 0 aromatic carbocycles. The van der Waals surface area contributed by atoms with Crippen molar-refractivity contribution in [3.05, 3.63) is 17.5 Å². The first-order valence-corrected chi connectivity index (χ1v) is 6.00. The highest BCUT2D eigenvalue weighted by Gasteiger charge is 2.20. The summed E-state index contributed by atoms with van der Waals surface area (Å²) in [4.78, 5) is 22.3. The van der Waals surface area contributed by atoms with Crippen molar-refractivity contribution in [2.75, 3.05) is 19.0 Å². The normalized spacial score (nSPS) is 11.2. The predicted molar refractivity (Wildman–Crippen MR) is 72.4 cm³/mol. The van der Waals surface area contributed by atoms with Gasteiger partial charge >= 0.3 is 0 Å². The Hall–Kier alpha value is -1.65. The van der Waals surface area contributed by atoms with Crippen molar-refractivity contribution in [3.63, 3.8) is 0 Å². The Morgan fingerprint density at radius 3 is 2.44 bits per heavy atom. The van der Waals surface area contributed by atoms with Gasteiger partial charge < -0.3 is 10.2 Å². The standard InChI is InChI=1S/C13H22N4O/c1-9-7-10(16-12(15-9)17(5)6)8-14-11(18)13(2,3)4/h7H,8H2,1-6H3,(H,14,18). The highest BCUT2D eigenvalue weighted by molar-refractivity contribution is 5.81. The SMILES string of the molecule is Cc1cc(CNC(=O)C(C)(C)C)nc(N(C)C)n1. The van der Waals surface area contributed by atoms with Crippen LogP contribution in [-0.4, -0.2) is 30.0 Å². The smallest absolute Gasteiger partial charge is 0.225 e. The van der Waals surface area contributed by atoms with E-state index in [1.807, 2.05) is 52.8 Å². The van der Waals surface area contributed by atoms with Gasteiger partial charge in [0.2, 0.25) is 11.9 Å². The number of rotatable bonds is 3. The van der Waals surface area contributed by atoms with E-state index in [1.54, 1.807) is 0 Å². The second-order valence-corrected chi connectivity index (χ2v) is 5.63. The van der Waals surface area contributed by atoms with Crippen LogP contribution in [0.5, 0.6) is 0 Å². The molecule has 1 aromatic rings. The third kappa shape index (κ3) is 3.98. The number of aromatic nitrogens is 2. The number of carbonyl (C=O) groups is 1. The van der Waals surface area contributed by atoms with E-state index in [-0.39, 0.29) is 11.3 Å². The quantitative estimate of drug-likeness (QED) is 0.883. The molecule has 0 saturated heterocycles. The molecule has 5 heteroatoms. The Morgan fingerprint density at radius 1 is 1.33 bits per heavy atom. The highest BCUT2D eigenvalue weighted by atomic mass is 16.2. The number of hydrogen-bond acceptors (Lipinski definition) is 4. The molecule has 0 unspecified atom stereocenters. The van der Waals surface area contributed by atoms with Crippen LogP contribution in [0.2, 0.25) is 0 Å². The summed E-state index contributed by atoms with van der Waals surface area (Å²) in [5.74, 6) is 0.681. The zero-order chi connectivity index (χ0) is 13.9. The summed E-state index contributed by atoms with van der Waals surface area (Å²) in [6.07, 6.45) is 0. The van der Waals surface area contributed by atoms with Crippen LogP contribution in [0.25, 0.3) is 0 Å². The topological polar surface area (TPSA) is 58.1 Å². The summed E-state index contributed by atoms with van der Waals surface area (Å²) in [5, 5.41) is 2.88. The summed E-state index contributed by atoms with van der Waals surface area (Å²) >= 11 is 0. The van der Waals surface area contributed by atoms with Crippen LogP contribution in [0.3, 0.4) is 0 Å². The summed E-state index contributed by atoms with van der Waals surface area (Å²) in [7, 11) is 3.79. The molecule has 0 saturated carbocycles. The molecule has 1 heterocycles. The molecule has 0 bridgehead atoms. The highest BCUT2D eigenvalue weighted by Crippen LogP contribution is 2.13. The minimum Gasteiger partial charge on any atom is -0.350 e. The number of hydrogen-bond donors (Lipinski definition) is 1. The van der Waals surface area contributed by atoms with Crippen LogP contribution in [0.15, 0.2) is 6.07 Å². The predicted octanol–water partition coefficient (Wildman–Crippen LogP) is 1.51. The van der Waals surface area contributed by atoms with E-state index in [2.05, 4.69) is 15.3 Å². The van der Waals surface area contributed by atoms with Gasteiger partial charge in [-0.05, 0) is 13.0 Å². The molecule has 100 valence electrons. The third-order valence-electron chi connectivity index (χ3n) is 2.41. The number of anilines is 1. The molecule has 0 fully saturated rings. The van der Waals surface area contributed by atoms with Crippen LogP contribution < -0.4 is 10.2 Å². The number of nitrogens with one attached hydrogen (secondary N) is 1. The van der Waals surface area contributed by atoms with Gasteiger partial charge in [-0.15, -0.1) is 0 Å². The number of nitrogens with zero attached hydrogens (tertiary/aromatic N) is 3. The zero-order valence-corrected chi connectivity index (χ0v) is 12.0. The number of carbonyl (C=O) groups excluding carboxylic acids is 1. The maximum absolute atomic E-state index is 11.8. The van der Waals surface area contributed by atoms with Crippen LogP contribution in [0.4, 0.5) is 5.95 Å². The van der Waals surface area contributed by atoms with Gasteiger partial charge in [0, 0.05) is 25.2 Å². The fourth-order valence-electron chi connectivity index (χ4n) is 1.34. The van der Waals surface area contributed by atoms with Crippen molar-refractivity contribution in [2.24, 2.45) is 5.41 Å². The van der Waals surface area contributed by atoms with E-state index in [1.165, 1.54) is 0 Å². The first-order chi connectivity index (χ1) is 8.20. The number of amides is 1. The maximum Gasteiger partial charge on any atom is 0.225 e. The molecule has 0 spiro atoms. The zero-order valence-electron chi connectivity index (χ0n) is 12.0. The summed E-state index contributed by atoms with van der Waals surface area (Å²) in [6, 6.07) is 1.88. The molecule has 0 aliphatic carbocycles. The Balaban J connectivity index is 2.77. The minimum atomic E-state index is -0.382. The Kier molecular flexibility index (Phi) is 4.27. The second kappa shape index (κ2) is 5.33. The molecule has 1 rings (SSSR count). The van der Waals surface area contributed by atoms with Gasteiger partial charge in [-0.25, -0.2) is 9.97 Å². The first kappa shape index (κ1) is 14.4. The molecule has 1 aromatic heterocycles. The molecule has 5 nitrogen and oxygen atoms in total. The fraction of sp³-hybridized carbons (Fsp3) is 0.615. The Morgan fingerprint density at radius 2 is 1.94 bits per heavy atom. The van der Waals surface area contributed by atoms with Crippen molar-refractivity contribution in [3.8, 4) is 0 Å². The molecular weight excluding hydrogens is 228 g/mol. The van der Waals surface area contributed by atoms with Gasteiger partial charge in [0.05, 0.1) is 12.2 Å². The fourth-order valence-corrected chi connectivity index (χ4v) is 1.34. The number of aryl methyl sites for hydroxylation is 1. The maximum atomic E-state index is 11.8. The van der Waals surface area contributed by atoms with Crippen LogP contribution in [-0.2, 0) is 11.3 Å². The Labute approximate surface area is 109 Å². The third-order valence-corrected chi connectivity index (χ3v) is 2.41. The largest absolute Gasteiger partial charge is 0.350 e. The van der Waals surface area contributed by atoms with E-state index in [9.17, 15) is 4.79 Å². The monoisotopic (exact) mass is 250 g/mol. The summed E-state index contributed by atoms with van der Waals surface area (Å²) in [5.41, 5.74) is 1.34. The van der Waals surface area contributed by atoms with Crippen molar-refractivity contribution in [1.29, 1.82) is 0 Å². The Bertz CT molecular complexity index is 435. The average molecular weight is 250 g/mol. The molecule has 1 N–H and O–H groups in total. The van der Waals surface area contributed by atoms with Crippen molar-refractivity contribution in [2.45, 2.75) is 34.2 Å². The average Bonchev–Trinajstić information content (AvgIpc) is 2.23. The van der Waals surface area contributed by atoms with Crippen molar-refractivity contribution >= 4 is 11.9 Å². The van der Waals surface area contributed by atoms with Gasteiger partial charge in [0.1, 0.15) is 0 Å². The van der Waals surface area contributed by atoms with E-state index >= 15 is 0 Å². The summed E-state index contributed by atoms with van der Waals surface area (Å²) < 4.78 is 0. The lowest BCUT2D eigenvalue weighted by Crippen LogP contribution is -2.34. The van der Waals surface area contributed by atoms with Crippen molar-refractivity contribution in [1.82, 2.24) is 15.3 Å². The van der Waals surface area contributed by atoms with Gasteiger partial charge in [0.25, 0.3) is 0 Å².